The second kappa shape index (κ2) is 7.88. The Hall–Kier alpha value is -3.94. The minimum absolute atomic E-state index is 0.246. The lowest BCUT2D eigenvalue weighted by Gasteiger charge is -2.19. The quantitative estimate of drug-likeness (QED) is 0.394. The second-order valence-corrected chi connectivity index (χ2v) is 8.78. The summed E-state index contributed by atoms with van der Waals surface area (Å²) in [7, 11) is 2.03. The summed E-state index contributed by atoms with van der Waals surface area (Å²) in [5, 5.41) is 14.4. The van der Waals surface area contributed by atoms with E-state index < -0.39 is 0 Å². The first-order valence-corrected chi connectivity index (χ1v) is 11.2. The maximum absolute atomic E-state index is 13.7. The minimum atomic E-state index is -0.246. The Morgan fingerprint density at radius 2 is 1.94 bits per heavy atom. The first-order valence-electron chi connectivity index (χ1n) is 11.2. The SMILES string of the molecule is CN(Cc1cnn(-c2ccccc2)c1)c1nnc(-c2cc3cc(F)ccc3[nH]2)n1CC1CC1. The van der Waals surface area contributed by atoms with Crippen molar-refractivity contribution in [1.29, 1.82) is 0 Å². The predicted molar refractivity (Wildman–Crippen MR) is 126 cm³/mol. The van der Waals surface area contributed by atoms with Crippen LogP contribution < -0.4 is 4.90 Å². The molecular weight excluding hydrogens is 417 g/mol. The summed E-state index contributed by atoms with van der Waals surface area (Å²) in [6.45, 7) is 1.53. The molecule has 1 aliphatic rings. The number of nitrogens with zero attached hydrogens (tertiary/aromatic N) is 6. The van der Waals surface area contributed by atoms with Crippen LogP contribution in [0.4, 0.5) is 10.3 Å². The van der Waals surface area contributed by atoms with Crippen molar-refractivity contribution >= 4 is 16.9 Å². The van der Waals surface area contributed by atoms with Crippen LogP contribution in [-0.2, 0) is 13.1 Å². The van der Waals surface area contributed by atoms with Gasteiger partial charge in [-0.3, -0.25) is 4.57 Å². The Bertz CT molecular complexity index is 1410. The monoisotopic (exact) mass is 441 g/mol. The molecule has 5 aromatic rings. The number of halogens is 1. The van der Waals surface area contributed by atoms with Crippen LogP contribution in [-0.4, -0.2) is 36.6 Å². The third-order valence-electron chi connectivity index (χ3n) is 6.11. The second-order valence-electron chi connectivity index (χ2n) is 8.78. The number of benzene rings is 2. The van der Waals surface area contributed by atoms with Gasteiger partial charge >= 0.3 is 0 Å². The number of aromatic amines is 1. The van der Waals surface area contributed by atoms with Gasteiger partial charge in [0, 0.05) is 42.8 Å². The first kappa shape index (κ1) is 19.7. The number of nitrogens with one attached hydrogen (secondary N) is 1. The lowest BCUT2D eigenvalue weighted by molar-refractivity contribution is 0.620. The average molecular weight is 442 g/mol. The molecule has 0 saturated heterocycles. The summed E-state index contributed by atoms with van der Waals surface area (Å²) in [5.74, 6) is 1.99. The molecule has 0 atom stereocenters. The van der Waals surface area contributed by atoms with Gasteiger partial charge in [-0.25, -0.2) is 9.07 Å². The number of fused-ring (bicyclic) bond motifs is 1. The van der Waals surface area contributed by atoms with Crippen LogP contribution in [0.15, 0.2) is 67.0 Å². The topological polar surface area (TPSA) is 67.6 Å². The number of hydrogen-bond acceptors (Lipinski definition) is 4. The van der Waals surface area contributed by atoms with Gasteiger partial charge in [0.25, 0.3) is 0 Å². The Balaban J connectivity index is 1.30. The molecule has 0 radical (unpaired) electrons. The van der Waals surface area contributed by atoms with Gasteiger partial charge in [0.05, 0.1) is 17.6 Å². The van der Waals surface area contributed by atoms with Crippen molar-refractivity contribution in [2.45, 2.75) is 25.9 Å². The lowest BCUT2D eigenvalue weighted by Crippen LogP contribution is -2.21. The molecule has 33 heavy (non-hydrogen) atoms. The predicted octanol–water partition coefficient (Wildman–Crippen LogP) is 4.80. The van der Waals surface area contributed by atoms with Gasteiger partial charge in [-0.2, -0.15) is 5.10 Å². The van der Waals surface area contributed by atoms with Crippen molar-refractivity contribution in [3.05, 3.63) is 78.4 Å². The Kier molecular flexibility index (Phi) is 4.71. The van der Waals surface area contributed by atoms with Crippen molar-refractivity contribution in [3.8, 4) is 17.2 Å². The van der Waals surface area contributed by atoms with Crippen LogP contribution >= 0.6 is 0 Å². The van der Waals surface area contributed by atoms with E-state index in [1.807, 2.05) is 60.5 Å². The van der Waals surface area contributed by atoms with Gasteiger partial charge in [-0.15, -0.1) is 10.2 Å². The van der Waals surface area contributed by atoms with Crippen LogP contribution in [0.25, 0.3) is 28.1 Å². The van der Waals surface area contributed by atoms with E-state index in [0.717, 1.165) is 46.2 Å². The van der Waals surface area contributed by atoms with Crippen LogP contribution in [0.5, 0.6) is 0 Å². The molecule has 8 heteroatoms. The van der Waals surface area contributed by atoms with E-state index in [-0.39, 0.29) is 5.82 Å². The van der Waals surface area contributed by atoms with Crippen molar-refractivity contribution in [3.63, 3.8) is 0 Å². The van der Waals surface area contributed by atoms with Crippen molar-refractivity contribution in [2.24, 2.45) is 5.92 Å². The summed E-state index contributed by atoms with van der Waals surface area (Å²) in [5.41, 5.74) is 3.85. The van der Waals surface area contributed by atoms with Gasteiger partial charge < -0.3 is 9.88 Å². The number of aromatic nitrogens is 6. The highest BCUT2D eigenvalue weighted by Gasteiger charge is 2.27. The van der Waals surface area contributed by atoms with E-state index in [9.17, 15) is 4.39 Å². The number of hydrogen-bond donors (Lipinski definition) is 1. The summed E-state index contributed by atoms with van der Waals surface area (Å²) in [6.07, 6.45) is 6.38. The van der Waals surface area contributed by atoms with Gasteiger partial charge in [-0.1, -0.05) is 18.2 Å². The van der Waals surface area contributed by atoms with Gasteiger partial charge in [0.1, 0.15) is 5.82 Å². The average Bonchev–Trinajstić information content (AvgIpc) is 3.19. The zero-order valence-corrected chi connectivity index (χ0v) is 18.3. The fourth-order valence-corrected chi connectivity index (χ4v) is 4.24. The molecule has 0 unspecified atom stereocenters. The Morgan fingerprint density at radius 1 is 1.09 bits per heavy atom. The first-order chi connectivity index (χ1) is 16.1. The minimum Gasteiger partial charge on any atom is -0.352 e. The molecule has 1 aliphatic carbocycles. The molecule has 1 saturated carbocycles. The molecule has 3 heterocycles. The molecule has 0 amide bonds. The standard InChI is InChI=1S/C25H24FN7/c1-31(14-18-13-27-33(16-18)21-5-3-2-4-6-21)25-30-29-24(32(25)15-17-7-8-17)23-12-19-11-20(26)9-10-22(19)28-23/h2-6,9-13,16-17,28H,7-8,14-15H2,1H3. The van der Waals surface area contributed by atoms with E-state index in [2.05, 4.69) is 29.7 Å². The molecule has 0 aliphatic heterocycles. The fraction of sp³-hybridized carbons (Fsp3) is 0.240. The molecule has 7 nitrogen and oxygen atoms in total. The summed E-state index contributed by atoms with van der Waals surface area (Å²) >= 11 is 0. The normalized spacial score (nSPS) is 13.6. The van der Waals surface area contributed by atoms with E-state index in [1.54, 1.807) is 6.07 Å². The van der Waals surface area contributed by atoms with Gasteiger partial charge in [0.2, 0.25) is 5.95 Å². The van der Waals surface area contributed by atoms with Crippen LogP contribution in [0.1, 0.15) is 18.4 Å². The zero-order valence-electron chi connectivity index (χ0n) is 18.3. The Morgan fingerprint density at radius 3 is 2.76 bits per heavy atom. The molecule has 0 spiro atoms. The maximum Gasteiger partial charge on any atom is 0.227 e. The van der Waals surface area contributed by atoms with Crippen molar-refractivity contribution in [2.75, 3.05) is 11.9 Å². The van der Waals surface area contributed by atoms with E-state index >= 15 is 0 Å². The Labute approximate surface area is 190 Å². The maximum atomic E-state index is 13.7. The number of rotatable bonds is 7. The highest BCUT2D eigenvalue weighted by Crippen LogP contribution is 2.34. The van der Waals surface area contributed by atoms with E-state index in [1.165, 1.54) is 25.0 Å². The third-order valence-corrected chi connectivity index (χ3v) is 6.11. The molecule has 166 valence electrons. The molecular formula is C25H24FN7. The van der Waals surface area contributed by atoms with Crippen LogP contribution in [0.3, 0.4) is 0 Å². The highest BCUT2D eigenvalue weighted by molar-refractivity contribution is 5.84. The van der Waals surface area contributed by atoms with E-state index in [4.69, 9.17) is 0 Å². The van der Waals surface area contributed by atoms with Crippen molar-refractivity contribution in [1.82, 2.24) is 29.5 Å². The highest BCUT2D eigenvalue weighted by atomic mass is 19.1. The summed E-state index contributed by atoms with van der Waals surface area (Å²) < 4.78 is 17.7. The number of anilines is 1. The number of H-pyrrole nitrogens is 1. The molecule has 6 rings (SSSR count). The molecule has 1 fully saturated rings. The largest absolute Gasteiger partial charge is 0.352 e. The van der Waals surface area contributed by atoms with Crippen LogP contribution in [0.2, 0.25) is 0 Å². The third kappa shape index (κ3) is 3.88. The molecule has 1 N–H and O–H groups in total. The molecule has 2 aromatic carbocycles. The molecule has 0 bridgehead atoms. The fourth-order valence-electron chi connectivity index (χ4n) is 4.24. The summed E-state index contributed by atoms with van der Waals surface area (Å²) in [4.78, 5) is 5.48. The number of para-hydroxylation sites is 1. The molecule has 3 aromatic heterocycles. The smallest absolute Gasteiger partial charge is 0.227 e. The van der Waals surface area contributed by atoms with E-state index in [0.29, 0.717) is 12.5 Å². The van der Waals surface area contributed by atoms with Gasteiger partial charge in [0.15, 0.2) is 5.82 Å². The summed E-state index contributed by atoms with van der Waals surface area (Å²) in [6, 6.07) is 16.8. The van der Waals surface area contributed by atoms with Gasteiger partial charge in [-0.05, 0) is 55.2 Å². The zero-order chi connectivity index (χ0) is 22.4. The van der Waals surface area contributed by atoms with Crippen molar-refractivity contribution < 1.29 is 4.39 Å². The lowest BCUT2D eigenvalue weighted by atomic mass is 10.2. The van der Waals surface area contributed by atoms with Crippen LogP contribution in [0, 0.1) is 11.7 Å².